The van der Waals surface area contributed by atoms with E-state index in [1.807, 2.05) is 0 Å². The molecule has 214 valence electrons. The quantitative estimate of drug-likeness (QED) is 0.105. The number of hydrogen-bond donors (Lipinski definition) is 6. The van der Waals surface area contributed by atoms with Crippen LogP contribution in [0.3, 0.4) is 0 Å². The highest BCUT2D eigenvalue weighted by Crippen LogP contribution is 2.34. The van der Waals surface area contributed by atoms with Crippen molar-refractivity contribution in [1.82, 2.24) is 0 Å². The molecule has 0 aromatic carbocycles. The highest BCUT2D eigenvalue weighted by molar-refractivity contribution is 5.02. The summed E-state index contributed by atoms with van der Waals surface area (Å²) < 4.78 is 22.3. The fraction of sp³-hybridized carbons (Fsp3) is 1.00. The normalized spacial score (nSPS) is 43.7. The van der Waals surface area contributed by atoms with Crippen LogP contribution < -0.4 is 0 Å². The van der Waals surface area contributed by atoms with Crippen molar-refractivity contribution >= 4 is 0 Å². The molecule has 0 aromatic heterocycles. The molecule has 0 amide bonds. The Kier molecular flexibility index (Phi) is 10.7. The summed E-state index contributed by atoms with van der Waals surface area (Å²) in [5.41, 5.74) is 35.0. The van der Waals surface area contributed by atoms with Crippen LogP contribution in [0, 0.1) is 0 Å². The molecule has 3 aliphatic rings. The minimum atomic E-state index is -1.76. The molecule has 22 nitrogen and oxygen atoms in total. The molecule has 0 radical (unpaired) electrons. The van der Waals surface area contributed by atoms with E-state index in [0.717, 1.165) is 0 Å². The summed E-state index contributed by atoms with van der Waals surface area (Å²) in [5, 5.41) is 76.1. The van der Waals surface area contributed by atoms with Crippen molar-refractivity contribution in [2.45, 2.75) is 92.1 Å². The third-order valence-electron chi connectivity index (χ3n) is 6.58. The second-order valence-electron chi connectivity index (χ2n) is 8.81. The molecule has 2 aliphatic heterocycles. The van der Waals surface area contributed by atoms with Crippen LogP contribution in [0.1, 0.15) is 6.42 Å². The lowest BCUT2D eigenvalue weighted by molar-refractivity contribution is -0.280. The number of azide groups is 4. The molecule has 0 aromatic rings. The van der Waals surface area contributed by atoms with Crippen LogP contribution in [-0.4, -0.2) is 129 Å². The van der Waals surface area contributed by atoms with E-state index in [4.69, 9.17) is 41.1 Å². The summed E-state index contributed by atoms with van der Waals surface area (Å²) in [6.07, 6.45) is -17.5. The summed E-state index contributed by atoms with van der Waals surface area (Å²) in [4.78, 5) is 10.4. The van der Waals surface area contributed by atoms with Gasteiger partial charge in [0.25, 0.3) is 0 Å². The Bertz CT molecular complexity index is 1020. The Morgan fingerprint density at radius 1 is 0.667 bits per heavy atom. The standard InChI is InChI=1S/C17H26N12O10/c18-26-22-2-6-11(33)12(34)8(25-29-21)16(36-6)38-14-7(3-30)37-17(13(14)35)39-15-9(31)4(23-27-19)1-5(10(15)32)24-28-20/h4-17,30-35H,1-3H2/t4?,5?,6-,7+,8?,9-,10+,11+,12+,13+,14+,15?,16+,17-/m0/s1. The van der Waals surface area contributed by atoms with E-state index in [0.29, 0.717) is 0 Å². The number of ether oxygens (including phenoxy) is 4. The predicted molar refractivity (Wildman–Crippen MR) is 122 cm³/mol. The Labute approximate surface area is 217 Å². The molecule has 4 unspecified atom stereocenters. The maximum atomic E-state index is 10.9. The van der Waals surface area contributed by atoms with Gasteiger partial charge in [-0.3, -0.25) is 0 Å². The lowest BCUT2D eigenvalue weighted by Crippen LogP contribution is -2.60. The predicted octanol–water partition coefficient (Wildman–Crippen LogP) is -1.25. The molecule has 3 fully saturated rings. The minimum Gasteiger partial charge on any atom is -0.394 e. The van der Waals surface area contributed by atoms with Crippen molar-refractivity contribution in [2.24, 2.45) is 20.5 Å². The number of nitrogens with zero attached hydrogens (tertiary/aromatic N) is 12. The first-order valence-electron chi connectivity index (χ1n) is 11.5. The SMILES string of the molecule is [N-]=[N+]=NC[C@@H]1O[C@H](O[C@H]2[C@@H](O)[C@H](OC3[C@H](O)C(N=[N+]=[N-])CC(N=[N+]=[N-])[C@@H]3O)O[C@@H]2CO)C(N=[N+]=[N-])[C@@H](O)[C@@H]1O. The number of aliphatic hydroxyl groups excluding tert-OH is 6. The minimum absolute atomic E-state index is 0.194. The van der Waals surface area contributed by atoms with E-state index in [9.17, 15) is 30.6 Å². The first kappa shape index (κ1) is 30.4. The van der Waals surface area contributed by atoms with Gasteiger partial charge in [-0.15, -0.1) is 0 Å². The van der Waals surface area contributed by atoms with Gasteiger partial charge in [0.15, 0.2) is 12.6 Å². The van der Waals surface area contributed by atoms with Crippen LogP contribution >= 0.6 is 0 Å². The smallest absolute Gasteiger partial charge is 0.187 e. The summed E-state index contributed by atoms with van der Waals surface area (Å²) in [6.45, 7) is -1.20. The van der Waals surface area contributed by atoms with Gasteiger partial charge in [-0.05, 0) is 28.5 Å². The van der Waals surface area contributed by atoms with Crippen LogP contribution in [0.4, 0.5) is 0 Å². The molecule has 22 heteroatoms. The third-order valence-corrected chi connectivity index (χ3v) is 6.58. The average Bonchev–Trinajstić information content (AvgIpc) is 3.22. The van der Waals surface area contributed by atoms with Gasteiger partial charge in [0, 0.05) is 19.6 Å². The first-order valence-corrected chi connectivity index (χ1v) is 11.5. The number of aliphatic hydroxyl groups is 6. The van der Waals surface area contributed by atoms with Gasteiger partial charge in [0.05, 0.1) is 49.7 Å². The fourth-order valence-electron chi connectivity index (χ4n) is 4.61. The Hall–Kier alpha value is -3.16. The summed E-state index contributed by atoms with van der Waals surface area (Å²) >= 11 is 0. The van der Waals surface area contributed by atoms with Crippen LogP contribution in [0.15, 0.2) is 20.5 Å². The topological polar surface area (TPSA) is 353 Å². The van der Waals surface area contributed by atoms with E-state index in [1.165, 1.54) is 0 Å². The van der Waals surface area contributed by atoms with Gasteiger partial charge in [-0.25, -0.2) is 0 Å². The maximum Gasteiger partial charge on any atom is 0.187 e. The van der Waals surface area contributed by atoms with Crippen LogP contribution in [0.2, 0.25) is 0 Å². The van der Waals surface area contributed by atoms with Crippen LogP contribution in [0.25, 0.3) is 41.8 Å². The van der Waals surface area contributed by atoms with Crippen molar-refractivity contribution in [3.8, 4) is 0 Å². The molecule has 2 heterocycles. The van der Waals surface area contributed by atoms with E-state index in [1.54, 1.807) is 0 Å². The van der Waals surface area contributed by atoms with Gasteiger partial charge >= 0.3 is 0 Å². The van der Waals surface area contributed by atoms with E-state index < -0.39 is 98.8 Å². The Morgan fingerprint density at radius 2 is 1.23 bits per heavy atom. The van der Waals surface area contributed by atoms with Crippen molar-refractivity contribution in [1.29, 1.82) is 0 Å². The second kappa shape index (κ2) is 13.8. The lowest BCUT2D eigenvalue weighted by Gasteiger charge is -2.42. The van der Waals surface area contributed by atoms with Gasteiger partial charge in [0.1, 0.15) is 36.6 Å². The summed E-state index contributed by atoms with van der Waals surface area (Å²) in [6, 6.07) is -3.88. The maximum absolute atomic E-state index is 10.9. The van der Waals surface area contributed by atoms with E-state index in [2.05, 4.69) is 40.1 Å². The largest absolute Gasteiger partial charge is 0.394 e. The molecule has 3 rings (SSSR count). The van der Waals surface area contributed by atoms with Crippen molar-refractivity contribution in [3.05, 3.63) is 41.8 Å². The molecule has 14 atom stereocenters. The van der Waals surface area contributed by atoms with Gasteiger partial charge < -0.3 is 49.6 Å². The van der Waals surface area contributed by atoms with E-state index in [-0.39, 0.29) is 6.42 Å². The van der Waals surface area contributed by atoms with Gasteiger partial charge in [-0.2, -0.15) is 0 Å². The van der Waals surface area contributed by atoms with Gasteiger partial charge in [0.2, 0.25) is 0 Å². The second-order valence-corrected chi connectivity index (χ2v) is 8.81. The molecule has 1 aliphatic carbocycles. The fourth-order valence-corrected chi connectivity index (χ4v) is 4.61. The van der Waals surface area contributed by atoms with E-state index >= 15 is 0 Å². The highest BCUT2D eigenvalue weighted by atomic mass is 16.8. The summed E-state index contributed by atoms with van der Waals surface area (Å²) in [7, 11) is 0. The molecule has 0 bridgehead atoms. The first-order chi connectivity index (χ1) is 18.7. The molecular weight excluding hydrogens is 532 g/mol. The number of rotatable bonds is 10. The number of hydrogen-bond acceptors (Lipinski definition) is 14. The van der Waals surface area contributed by atoms with Crippen molar-refractivity contribution in [2.75, 3.05) is 13.2 Å². The van der Waals surface area contributed by atoms with Gasteiger partial charge in [-0.1, -0.05) is 20.5 Å². The molecule has 0 spiro atoms. The third kappa shape index (κ3) is 6.53. The lowest BCUT2D eigenvalue weighted by atomic mass is 9.84. The highest BCUT2D eigenvalue weighted by Gasteiger charge is 2.53. The molecule has 6 N–H and O–H groups in total. The monoisotopic (exact) mass is 558 g/mol. The average molecular weight is 558 g/mol. The zero-order valence-corrected chi connectivity index (χ0v) is 19.9. The molecule has 39 heavy (non-hydrogen) atoms. The van der Waals surface area contributed by atoms with Crippen molar-refractivity contribution in [3.63, 3.8) is 0 Å². The Morgan fingerprint density at radius 3 is 1.77 bits per heavy atom. The molecule has 2 saturated heterocycles. The zero-order chi connectivity index (χ0) is 28.7. The summed E-state index contributed by atoms with van der Waals surface area (Å²) in [5.74, 6) is 0. The molecular formula is C17H26N12O10. The molecule has 1 saturated carbocycles. The van der Waals surface area contributed by atoms with Crippen LogP contribution in [-0.2, 0) is 18.9 Å². The van der Waals surface area contributed by atoms with Crippen LogP contribution in [0.5, 0.6) is 0 Å². The van der Waals surface area contributed by atoms with Crippen molar-refractivity contribution < 1.29 is 49.6 Å². The zero-order valence-electron chi connectivity index (χ0n) is 19.9. The Balaban J connectivity index is 1.81.